The van der Waals surface area contributed by atoms with E-state index in [4.69, 9.17) is 4.52 Å². The number of hydrogen-bond donors (Lipinski definition) is 2. The van der Waals surface area contributed by atoms with Crippen molar-refractivity contribution in [1.82, 2.24) is 25.6 Å². The molecular weight excluding hydrogens is 515 g/mol. The molecule has 1 aliphatic heterocycles. The van der Waals surface area contributed by atoms with Crippen LogP contribution in [0.15, 0.2) is 33.8 Å². The highest BCUT2D eigenvalue weighted by atomic mass is 127. The van der Waals surface area contributed by atoms with E-state index in [0.29, 0.717) is 6.54 Å². The molecule has 0 aliphatic carbocycles. The van der Waals surface area contributed by atoms with Gasteiger partial charge in [-0.3, -0.25) is 9.89 Å². The fourth-order valence-corrected chi connectivity index (χ4v) is 4.10. The van der Waals surface area contributed by atoms with Crippen LogP contribution in [0.3, 0.4) is 0 Å². The molecule has 2 aromatic rings. The Morgan fingerprint density at radius 3 is 2.25 bits per heavy atom. The maximum Gasteiger partial charge on any atom is 0.191 e. The number of likely N-dealkylation sites (N-methyl/N-ethyl adjacent to an activating group) is 1. The number of nitrogens with zero attached hydrogens (tertiary/aromatic N) is 4. The monoisotopic (exact) mass is 554 g/mol. The quantitative estimate of drug-likeness (QED) is 0.282. The van der Waals surface area contributed by atoms with Gasteiger partial charge in [-0.25, -0.2) is 0 Å². The highest BCUT2D eigenvalue weighted by Crippen LogP contribution is 2.16. The average Bonchev–Trinajstić information content (AvgIpc) is 3.22. The van der Waals surface area contributed by atoms with Crippen molar-refractivity contribution < 1.29 is 4.52 Å². The molecule has 3 rings (SSSR count). The van der Waals surface area contributed by atoms with E-state index in [-0.39, 0.29) is 24.0 Å². The van der Waals surface area contributed by atoms with Crippen LogP contribution in [0.5, 0.6) is 0 Å². The second-order valence-electron chi connectivity index (χ2n) is 8.00. The molecule has 0 saturated carbocycles. The molecule has 0 spiro atoms. The number of rotatable bonds is 9. The van der Waals surface area contributed by atoms with Gasteiger partial charge in [0.15, 0.2) is 5.96 Å². The van der Waals surface area contributed by atoms with Crippen LogP contribution in [0.1, 0.15) is 48.9 Å². The van der Waals surface area contributed by atoms with Gasteiger partial charge in [0.05, 0.1) is 5.69 Å². The van der Waals surface area contributed by atoms with E-state index in [1.807, 2.05) is 7.05 Å². The minimum atomic E-state index is 0. The molecule has 0 radical (unpaired) electrons. The molecule has 178 valence electrons. The lowest BCUT2D eigenvalue weighted by Crippen LogP contribution is -2.45. The lowest BCUT2D eigenvalue weighted by atomic mass is 10.1. The molecule has 2 N–H and O–H groups in total. The van der Waals surface area contributed by atoms with Crippen molar-refractivity contribution in [2.75, 3.05) is 39.8 Å². The van der Waals surface area contributed by atoms with E-state index in [1.165, 1.54) is 11.1 Å². The van der Waals surface area contributed by atoms with Crippen LogP contribution in [-0.4, -0.2) is 60.7 Å². The number of guanidine groups is 1. The fraction of sp³-hybridized carbons (Fsp3) is 0.583. The molecule has 0 unspecified atom stereocenters. The summed E-state index contributed by atoms with van der Waals surface area (Å²) >= 11 is 0. The van der Waals surface area contributed by atoms with Crippen LogP contribution in [0, 0.1) is 0 Å². The van der Waals surface area contributed by atoms with Crippen molar-refractivity contribution in [3.8, 4) is 0 Å². The zero-order chi connectivity index (χ0) is 22.1. The molecule has 2 heterocycles. The van der Waals surface area contributed by atoms with Crippen LogP contribution in [0.2, 0.25) is 0 Å². The number of piperazine rings is 1. The highest BCUT2D eigenvalue weighted by molar-refractivity contribution is 14.0. The Bertz CT molecular complexity index is 823. The van der Waals surface area contributed by atoms with E-state index < -0.39 is 0 Å². The number of aliphatic imine (C=N–C) groups is 1. The van der Waals surface area contributed by atoms with Crippen molar-refractivity contribution in [2.24, 2.45) is 4.99 Å². The summed E-state index contributed by atoms with van der Waals surface area (Å²) in [5.74, 6) is 1.74. The first-order valence-corrected chi connectivity index (χ1v) is 11.6. The molecule has 1 fully saturated rings. The summed E-state index contributed by atoms with van der Waals surface area (Å²) in [5, 5.41) is 11.1. The van der Waals surface area contributed by atoms with Crippen molar-refractivity contribution in [1.29, 1.82) is 0 Å². The third kappa shape index (κ3) is 7.18. The molecule has 1 aromatic heterocycles. The van der Waals surface area contributed by atoms with Crippen LogP contribution >= 0.6 is 24.0 Å². The van der Waals surface area contributed by atoms with Crippen molar-refractivity contribution in [2.45, 2.75) is 53.2 Å². The Morgan fingerprint density at radius 1 is 0.969 bits per heavy atom. The number of aromatic nitrogens is 1. The maximum absolute atomic E-state index is 5.47. The van der Waals surface area contributed by atoms with Crippen LogP contribution in [0.4, 0.5) is 0 Å². The lowest BCUT2D eigenvalue weighted by molar-refractivity contribution is 0.131. The summed E-state index contributed by atoms with van der Waals surface area (Å²) in [7, 11) is 1.81. The molecule has 1 saturated heterocycles. The molecular formula is C24H39IN6O. The summed E-state index contributed by atoms with van der Waals surface area (Å²) in [6, 6.07) is 8.71. The Morgan fingerprint density at radius 2 is 1.62 bits per heavy atom. The van der Waals surface area contributed by atoms with E-state index >= 15 is 0 Å². The molecule has 32 heavy (non-hydrogen) atoms. The van der Waals surface area contributed by atoms with E-state index in [9.17, 15) is 0 Å². The topological polar surface area (TPSA) is 68.9 Å². The summed E-state index contributed by atoms with van der Waals surface area (Å²) in [6.45, 7) is 14.6. The minimum Gasteiger partial charge on any atom is -0.361 e. The minimum absolute atomic E-state index is 0. The standard InChI is InChI=1S/C24H38N6O.HI/c1-5-22-21(23(6-2)31-28-22)17-27-24(25-4)26-16-19-10-8-9-11-20(19)18-30-14-12-29(7-3)13-15-30;/h8-11H,5-7,12-18H2,1-4H3,(H2,25,26,27);1H. The Balaban J connectivity index is 0.00000363. The zero-order valence-corrected chi connectivity index (χ0v) is 22.3. The summed E-state index contributed by atoms with van der Waals surface area (Å²) < 4.78 is 5.47. The molecule has 8 heteroatoms. The number of halogens is 1. The summed E-state index contributed by atoms with van der Waals surface area (Å²) in [4.78, 5) is 9.48. The third-order valence-corrected chi connectivity index (χ3v) is 6.13. The predicted octanol–water partition coefficient (Wildman–Crippen LogP) is 3.42. The number of benzene rings is 1. The van der Waals surface area contributed by atoms with Crippen molar-refractivity contribution >= 4 is 29.9 Å². The molecule has 7 nitrogen and oxygen atoms in total. The Hall–Kier alpha value is -1.65. The van der Waals surface area contributed by atoms with Gasteiger partial charge in [0.1, 0.15) is 5.76 Å². The maximum atomic E-state index is 5.47. The predicted molar refractivity (Wildman–Crippen MR) is 142 cm³/mol. The number of nitrogens with one attached hydrogen (secondary N) is 2. The second-order valence-corrected chi connectivity index (χ2v) is 8.00. The molecule has 0 atom stereocenters. The third-order valence-electron chi connectivity index (χ3n) is 6.13. The van der Waals surface area contributed by atoms with Crippen molar-refractivity contribution in [3.05, 3.63) is 52.4 Å². The van der Waals surface area contributed by atoms with E-state index in [0.717, 1.165) is 81.6 Å². The van der Waals surface area contributed by atoms with Gasteiger partial charge in [-0.05, 0) is 24.1 Å². The molecule has 0 amide bonds. The Labute approximate surface area is 210 Å². The van der Waals surface area contributed by atoms with Gasteiger partial charge in [0.25, 0.3) is 0 Å². The van der Waals surface area contributed by atoms with Gasteiger partial charge in [-0.1, -0.05) is 50.2 Å². The second kappa shape index (κ2) is 13.8. The van der Waals surface area contributed by atoms with Gasteiger partial charge in [0.2, 0.25) is 0 Å². The fourth-order valence-electron chi connectivity index (χ4n) is 4.10. The highest BCUT2D eigenvalue weighted by Gasteiger charge is 2.17. The van der Waals surface area contributed by atoms with Gasteiger partial charge in [-0.2, -0.15) is 0 Å². The first kappa shape index (κ1) is 26.6. The van der Waals surface area contributed by atoms with Gasteiger partial charge in [0, 0.05) is 64.8 Å². The number of aryl methyl sites for hydroxylation is 2. The SMILES string of the molecule is CCc1noc(CC)c1CNC(=NC)NCc1ccccc1CN1CCN(CC)CC1.I. The number of hydrogen-bond acceptors (Lipinski definition) is 5. The van der Waals surface area contributed by atoms with Crippen molar-refractivity contribution in [3.63, 3.8) is 0 Å². The Kier molecular flexibility index (Phi) is 11.5. The molecule has 1 aromatic carbocycles. The van der Waals surface area contributed by atoms with Crippen LogP contribution < -0.4 is 10.6 Å². The summed E-state index contributed by atoms with van der Waals surface area (Å²) in [6.07, 6.45) is 1.71. The first-order chi connectivity index (χ1) is 15.2. The average molecular weight is 555 g/mol. The largest absolute Gasteiger partial charge is 0.361 e. The van der Waals surface area contributed by atoms with E-state index in [2.05, 4.69) is 75.6 Å². The zero-order valence-electron chi connectivity index (χ0n) is 20.0. The van der Waals surface area contributed by atoms with Crippen LogP contribution in [-0.2, 0) is 32.5 Å². The van der Waals surface area contributed by atoms with Gasteiger partial charge < -0.3 is 20.1 Å². The van der Waals surface area contributed by atoms with E-state index in [1.54, 1.807) is 0 Å². The molecule has 0 bridgehead atoms. The normalized spacial score (nSPS) is 15.4. The molecule has 1 aliphatic rings. The smallest absolute Gasteiger partial charge is 0.191 e. The van der Waals surface area contributed by atoms with Crippen LogP contribution in [0.25, 0.3) is 0 Å². The van der Waals surface area contributed by atoms with Gasteiger partial charge in [-0.15, -0.1) is 24.0 Å². The summed E-state index contributed by atoms with van der Waals surface area (Å²) in [5.41, 5.74) is 4.88. The lowest BCUT2D eigenvalue weighted by Gasteiger charge is -2.34. The van der Waals surface area contributed by atoms with Gasteiger partial charge >= 0.3 is 0 Å². The first-order valence-electron chi connectivity index (χ1n) is 11.6.